The highest BCUT2D eigenvalue weighted by Gasteiger charge is 2.48. The average Bonchev–Trinajstić information content (AvgIpc) is 2.27. The van der Waals surface area contributed by atoms with Gasteiger partial charge in [0.1, 0.15) is 6.04 Å². The fraction of sp³-hybridized carbons (Fsp3) is 0.417. The van der Waals surface area contributed by atoms with Crippen LogP contribution in [-0.2, 0) is 9.53 Å². The van der Waals surface area contributed by atoms with Crippen LogP contribution in [0.5, 0.6) is 0 Å². The van der Waals surface area contributed by atoms with Crippen molar-refractivity contribution in [2.75, 3.05) is 13.4 Å². The van der Waals surface area contributed by atoms with E-state index >= 15 is 0 Å². The zero-order valence-electron chi connectivity index (χ0n) is 9.64. The Labute approximate surface area is 99.9 Å². The highest BCUT2D eigenvalue weighted by atomic mass is 32.2. The number of hydrogen-bond donors (Lipinski definition) is 0. The van der Waals surface area contributed by atoms with Crippen molar-refractivity contribution in [2.45, 2.75) is 19.1 Å². The molecule has 4 heteroatoms. The average molecular weight is 237 g/mol. The van der Waals surface area contributed by atoms with Crippen LogP contribution in [-0.4, -0.2) is 29.7 Å². The Balaban J connectivity index is 2.28. The molecule has 2 rings (SSSR count). The topological polar surface area (TPSA) is 29.5 Å². The van der Waals surface area contributed by atoms with Gasteiger partial charge in [0.05, 0.1) is 0 Å². The molecule has 1 aromatic carbocycles. The van der Waals surface area contributed by atoms with Gasteiger partial charge in [0.2, 0.25) is 0 Å². The van der Waals surface area contributed by atoms with E-state index in [1.54, 1.807) is 11.4 Å². The molecule has 1 saturated heterocycles. The van der Waals surface area contributed by atoms with Gasteiger partial charge in [-0.2, -0.15) is 0 Å². The van der Waals surface area contributed by atoms with Crippen LogP contribution in [0.4, 0.5) is 0 Å². The number of benzene rings is 1. The monoisotopic (exact) mass is 237 g/mol. The van der Waals surface area contributed by atoms with Crippen molar-refractivity contribution in [3.05, 3.63) is 35.4 Å². The van der Waals surface area contributed by atoms with Gasteiger partial charge in [-0.05, 0) is 12.5 Å². The molecule has 0 saturated carbocycles. The summed E-state index contributed by atoms with van der Waals surface area (Å²) in [5, 5.41) is 0. The third kappa shape index (κ3) is 1.72. The molecule has 1 heterocycles. The van der Waals surface area contributed by atoms with Crippen LogP contribution in [0, 0.1) is 6.92 Å². The lowest BCUT2D eigenvalue weighted by Gasteiger charge is -2.44. The third-order valence-corrected chi connectivity index (χ3v) is 3.63. The van der Waals surface area contributed by atoms with E-state index in [9.17, 15) is 4.79 Å². The second-order valence-corrected chi connectivity index (χ2v) is 4.62. The van der Waals surface area contributed by atoms with Gasteiger partial charge >= 0.3 is 0 Å². The molecule has 0 bridgehead atoms. The van der Waals surface area contributed by atoms with Gasteiger partial charge < -0.3 is 4.74 Å². The predicted octanol–water partition coefficient (Wildman–Crippen LogP) is 2.17. The van der Waals surface area contributed by atoms with E-state index in [4.69, 9.17) is 4.74 Å². The molecule has 0 radical (unpaired) electrons. The normalized spacial score (nSPS) is 24.4. The van der Waals surface area contributed by atoms with E-state index in [0.29, 0.717) is 0 Å². The fourth-order valence-electron chi connectivity index (χ4n) is 2.04. The molecule has 0 aromatic heterocycles. The van der Waals surface area contributed by atoms with E-state index in [-0.39, 0.29) is 18.1 Å². The van der Waals surface area contributed by atoms with E-state index in [2.05, 4.69) is 19.1 Å². The molecular weight excluding hydrogens is 222 g/mol. The number of ether oxygens (including phenoxy) is 1. The summed E-state index contributed by atoms with van der Waals surface area (Å²) in [4.78, 5) is 11.7. The molecule has 1 amide bonds. The Kier molecular flexibility index (Phi) is 3.21. The molecule has 16 heavy (non-hydrogen) atoms. The molecule has 3 nitrogen and oxygen atoms in total. The van der Waals surface area contributed by atoms with E-state index in [1.165, 1.54) is 17.5 Å². The summed E-state index contributed by atoms with van der Waals surface area (Å²) in [7, 11) is 1.59. The maximum atomic E-state index is 11.7. The molecule has 0 spiro atoms. The summed E-state index contributed by atoms with van der Waals surface area (Å²) in [6.45, 7) is 2.05. The Hall–Kier alpha value is -1.00. The number of amides is 1. The van der Waals surface area contributed by atoms with Gasteiger partial charge in [-0.3, -0.25) is 9.10 Å². The van der Waals surface area contributed by atoms with Gasteiger partial charge in [0.15, 0.2) is 6.10 Å². The van der Waals surface area contributed by atoms with Gasteiger partial charge in [0, 0.05) is 13.4 Å². The molecule has 1 fully saturated rings. The molecule has 1 aliphatic rings. The first kappa shape index (κ1) is 11.5. The van der Waals surface area contributed by atoms with Gasteiger partial charge in [0.25, 0.3) is 5.91 Å². The van der Waals surface area contributed by atoms with Crippen LogP contribution >= 0.6 is 11.9 Å². The third-order valence-electron chi connectivity index (χ3n) is 2.83. The minimum absolute atomic E-state index is 0.0485. The molecule has 2 atom stereocenters. The quantitative estimate of drug-likeness (QED) is 0.596. The van der Waals surface area contributed by atoms with Crippen LogP contribution in [0.25, 0.3) is 0 Å². The van der Waals surface area contributed by atoms with Crippen LogP contribution in [0.15, 0.2) is 24.3 Å². The summed E-state index contributed by atoms with van der Waals surface area (Å²) in [5.74, 6) is 0.0570. The van der Waals surface area contributed by atoms with Crippen molar-refractivity contribution >= 4 is 17.9 Å². The van der Waals surface area contributed by atoms with Gasteiger partial charge in [-0.25, -0.2) is 0 Å². The standard InChI is InChI=1S/C12H15NO2S/c1-8-5-4-6-9(7-8)10-11(15-2)12(14)13(10)16-3/h4-7,10-11H,1-3H3. The number of nitrogens with zero attached hydrogens (tertiary/aromatic N) is 1. The number of carbonyl (C=O) groups is 1. The fourth-order valence-corrected chi connectivity index (χ4v) is 2.78. The molecular formula is C12H15NO2S. The first-order chi connectivity index (χ1) is 7.69. The SMILES string of the molecule is COC1C(=O)N(SC)C1c1cccc(C)c1. The molecule has 1 aromatic rings. The number of rotatable bonds is 3. The van der Waals surface area contributed by atoms with Gasteiger partial charge in [-0.1, -0.05) is 41.8 Å². The first-order valence-corrected chi connectivity index (χ1v) is 6.33. The van der Waals surface area contributed by atoms with E-state index in [0.717, 1.165) is 5.56 Å². The Morgan fingerprint density at radius 1 is 1.44 bits per heavy atom. The first-order valence-electron chi connectivity index (χ1n) is 5.15. The molecule has 2 unspecified atom stereocenters. The van der Waals surface area contributed by atoms with Crippen molar-refractivity contribution in [1.82, 2.24) is 4.31 Å². The lowest BCUT2D eigenvalue weighted by Crippen LogP contribution is -2.56. The molecule has 86 valence electrons. The highest BCUT2D eigenvalue weighted by Crippen LogP contribution is 2.40. The minimum Gasteiger partial charge on any atom is -0.369 e. The summed E-state index contributed by atoms with van der Waals surface area (Å²) in [6, 6.07) is 8.26. The van der Waals surface area contributed by atoms with Crippen molar-refractivity contribution in [3.8, 4) is 0 Å². The minimum atomic E-state index is -0.325. The van der Waals surface area contributed by atoms with Crippen LogP contribution < -0.4 is 0 Å². The maximum absolute atomic E-state index is 11.7. The molecule has 1 aliphatic heterocycles. The van der Waals surface area contributed by atoms with Crippen LogP contribution in [0.2, 0.25) is 0 Å². The lowest BCUT2D eigenvalue weighted by atomic mass is 9.93. The number of aryl methyl sites for hydroxylation is 1. The number of carbonyl (C=O) groups excluding carboxylic acids is 1. The van der Waals surface area contributed by atoms with E-state index < -0.39 is 0 Å². The maximum Gasteiger partial charge on any atom is 0.264 e. The second kappa shape index (κ2) is 4.47. The molecule has 0 N–H and O–H groups in total. The van der Waals surface area contributed by atoms with Gasteiger partial charge in [-0.15, -0.1) is 0 Å². The summed E-state index contributed by atoms with van der Waals surface area (Å²) in [6.07, 6.45) is 1.58. The Bertz CT molecular complexity index is 394. The largest absolute Gasteiger partial charge is 0.369 e. The smallest absolute Gasteiger partial charge is 0.264 e. The van der Waals surface area contributed by atoms with Crippen molar-refractivity contribution < 1.29 is 9.53 Å². The summed E-state index contributed by atoms with van der Waals surface area (Å²) >= 11 is 1.45. The zero-order valence-corrected chi connectivity index (χ0v) is 10.5. The van der Waals surface area contributed by atoms with Crippen molar-refractivity contribution in [1.29, 1.82) is 0 Å². The number of β-lactam (4-membered cyclic amide) rings is 1. The van der Waals surface area contributed by atoms with Crippen LogP contribution in [0.1, 0.15) is 17.2 Å². The zero-order chi connectivity index (χ0) is 11.7. The number of methoxy groups -OCH3 is 1. The summed E-state index contributed by atoms with van der Waals surface area (Å²) in [5.41, 5.74) is 2.34. The Morgan fingerprint density at radius 2 is 2.19 bits per heavy atom. The lowest BCUT2D eigenvalue weighted by molar-refractivity contribution is -0.158. The summed E-state index contributed by atoms with van der Waals surface area (Å²) < 4.78 is 7.00. The van der Waals surface area contributed by atoms with Crippen LogP contribution in [0.3, 0.4) is 0 Å². The second-order valence-electron chi connectivity index (χ2n) is 3.86. The molecule has 0 aliphatic carbocycles. The van der Waals surface area contributed by atoms with E-state index in [1.807, 2.05) is 18.4 Å². The predicted molar refractivity (Wildman–Crippen MR) is 65.1 cm³/mol. The Morgan fingerprint density at radius 3 is 2.75 bits per heavy atom. The van der Waals surface area contributed by atoms with Crippen molar-refractivity contribution in [3.63, 3.8) is 0 Å². The number of hydrogen-bond acceptors (Lipinski definition) is 3. The van der Waals surface area contributed by atoms with Crippen molar-refractivity contribution in [2.24, 2.45) is 0 Å². The highest BCUT2D eigenvalue weighted by molar-refractivity contribution is 7.96.